The van der Waals surface area contributed by atoms with Crippen molar-refractivity contribution in [3.8, 4) is 28.9 Å². The number of hydrogen-bond acceptors (Lipinski definition) is 11. The Hall–Kier alpha value is -4.88. The van der Waals surface area contributed by atoms with Gasteiger partial charge < -0.3 is 30.1 Å². The van der Waals surface area contributed by atoms with Crippen molar-refractivity contribution in [1.82, 2.24) is 30.2 Å². The van der Waals surface area contributed by atoms with Crippen LogP contribution >= 0.6 is 0 Å². The van der Waals surface area contributed by atoms with Crippen molar-refractivity contribution in [1.29, 1.82) is 0 Å². The van der Waals surface area contributed by atoms with Crippen LogP contribution in [0.3, 0.4) is 0 Å². The molecule has 264 valence electrons. The molecule has 3 saturated heterocycles. The lowest BCUT2D eigenvalue weighted by molar-refractivity contribution is 0.195. The van der Waals surface area contributed by atoms with E-state index in [4.69, 9.17) is 24.4 Å². The van der Waals surface area contributed by atoms with Crippen LogP contribution in [0, 0.1) is 11.6 Å². The van der Waals surface area contributed by atoms with Crippen molar-refractivity contribution in [2.24, 2.45) is 0 Å². The Morgan fingerprint density at radius 3 is 2.84 bits per heavy atom. The van der Waals surface area contributed by atoms with E-state index in [1.54, 1.807) is 6.07 Å². The number of pyridine rings is 2. The van der Waals surface area contributed by atoms with E-state index in [1.807, 2.05) is 19.2 Å². The SMILES string of the molecule is CCc1c(F)ccc2cc(O)cc(-c3nc4c5c(nc(OC)nc5c3F)N(C(C)c3cccnc3NC3CC5CCCN5C3)C3CNCC3O4)c12. The number of fused-ring (bicyclic) bond motifs is 3. The van der Waals surface area contributed by atoms with Crippen molar-refractivity contribution in [3.63, 3.8) is 0 Å². The third-order valence-electron chi connectivity index (χ3n) is 11.2. The summed E-state index contributed by atoms with van der Waals surface area (Å²) < 4.78 is 44.6. The fraction of sp³-hybridized carbons (Fsp3) is 0.421. The van der Waals surface area contributed by atoms with Crippen LogP contribution in [0.4, 0.5) is 20.4 Å². The van der Waals surface area contributed by atoms with E-state index in [1.165, 1.54) is 38.2 Å². The van der Waals surface area contributed by atoms with Crippen LogP contribution in [0.2, 0.25) is 0 Å². The molecule has 2 aromatic carbocycles. The van der Waals surface area contributed by atoms with E-state index in [0.29, 0.717) is 59.1 Å². The third kappa shape index (κ3) is 5.19. The third-order valence-corrected chi connectivity index (χ3v) is 11.2. The summed E-state index contributed by atoms with van der Waals surface area (Å²) >= 11 is 0. The van der Waals surface area contributed by atoms with Crippen LogP contribution in [0.15, 0.2) is 42.6 Å². The van der Waals surface area contributed by atoms with Gasteiger partial charge in [0, 0.05) is 49.0 Å². The Morgan fingerprint density at radius 1 is 1.14 bits per heavy atom. The molecule has 0 saturated carbocycles. The first-order valence-corrected chi connectivity index (χ1v) is 17.8. The van der Waals surface area contributed by atoms with Crippen LogP contribution in [-0.4, -0.2) is 87.5 Å². The summed E-state index contributed by atoms with van der Waals surface area (Å²) in [5.74, 6) is 0.150. The van der Waals surface area contributed by atoms with Crippen LogP contribution in [-0.2, 0) is 6.42 Å². The average Bonchev–Trinajstić information content (AvgIpc) is 3.85. The fourth-order valence-electron chi connectivity index (χ4n) is 8.90. The molecule has 3 fully saturated rings. The largest absolute Gasteiger partial charge is 0.508 e. The number of aryl methyl sites for hydroxylation is 1. The fourth-order valence-corrected chi connectivity index (χ4v) is 8.90. The predicted octanol–water partition coefficient (Wildman–Crippen LogP) is 5.74. The zero-order chi connectivity index (χ0) is 35.0. The second-order valence-electron chi connectivity index (χ2n) is 14.1. The molecule has 5 aromatic rings. The number of phenols is 1. The molecule has 11 nitrogen and oxygen atoms in total. The number of hydrogen-bond donors (Lipinski definition) is 3. The average molecular weight is 695 g/mol. The van der Waals surface area contributed by atoms with E-state index < -0.39 is 11.6 Å². The minimum absolute atomic E-state index is 0.0155. The molecule has 0 amide bonds. The normalized spacial score (nSPS) is 23.3. The first-order valence-electron chi connectivity index (χ1n) is 17.8. The number of rotatable bonds is 7. The molecule has 3 N–H and O–H groups in total. The van der Waals surface area contributed by atoms with E-state index in [2.05, 4.69) is 38.4 Å². The molecule has 7 heterocycles. The molecule has 13 heteroatoms. The lowest BCUT2D eigenvalue weighted by Gasteiger charge is -2.37. The lowest BCUT2D eigenvalue weighted by atomic mass is 9.94. The predicted molar refractivity (Wildman–Crippen MR) is 191 cm³/mol. The van der Waals surface area contributed by atoms with E-state index >= 15 is 8.78 Å². The van der Waals surface area contributed by atoms with Crippen molar-refractivity contribution < 1.29 is 23.4 Å². The number of anilines is 2. The molecule has 0 radical (unpaired) electrons. The minimum atomic E-state index is -0.749. The number of benzene rings is 2. The molecule has 3 aromatic heterocycles. The van der Waals surface area contributed by atoms with Crippen LogP contribution in [0.1, 0.15) is 50.3 Å². The summed E-state index contributed by atoms with van der Waals surface area (Å²) in [6.45, 7) is 7.20. The van der Waals surface area contributed by atoms with Crippen LogP contribution in [0.5, 0.6) is 17.6 Å². The Labute approximate surface area is 294 Å². The number of aromatic hydroxyl groups is 1. The van der Waals surface area contributed by atoms with Gasteiger partial charge in [-0.15, -0.1) is 0 Å². The number of nitrogens with zero attached hydrogens (tertiary/aromatic N) is 6. The van der Waals surface area contributed by atoms with Gasteiger partial charge in [-0.25, -0.2) is 18.7 Å². The monoisotopic (exact) mass is 694 g/mol. The van der Waals surface area contributed by atoms with Crippen molar-refractivity contribution in [2.75, 3.05) is 43.5 Å². The van der Waals surface area contributed by atoms with Gasteiger partial charge in [0.05, 0.1) is 19.2 Å². The highest BCUT2D eigenvalue weighted by Gasteiger charge is 2.44. The number of aromatic nitrogens is 4. The second-order valence-corrected chi connectivity index (χ2v) is 14.1. The molecule has 5 atom stereocenters. The summed E-state index contributed by atoms with van der Waals surface area (Å²) in [7, 11) is 1.45. The van der Waals surface area contributed by atoms with Crippen molar-refractivity contribution in [3.05, 3.63) is 65.4 Å². The molecule has 4 aliphatic heterocycles. The van der Waals surface area contributed by atoms with Gasteiger partial charge in [0.25, 0.3) is 0 Å². The van der Waals surface area contributed by atoms with E-state index in [-0.39, 0.29) is 52.6 Å². The maximum Gasteiger partial charge on any atom is 0.318 e. The Balaban J connectivity index is 1.22. The Morgan fingerprint density at radius 2 is 2.02 bits per heavy atom. The van der Waals surface area contributed by atoms with Crippen molar-refractivity contribution in [2.45, 2.75) is 69.8 Å². The van der Waals surface area contributed by atoms with Gasteiger partial charge >= 0.3 is 6.01 Å². The van der Waals surface area contributed by atoms with Gasteiger partial charge in [0.15, 0.2) is 5.82 Å². The molecular weight excluding hydrogens is 654 g/mol. The van der Waals surface area contributed by atoms with E-state index in [9.17, 15) is 5.11 Å². The van der Waals surface area contributed by atoms with Gasteiger partial charge in [-0.2, -0.15) is 9.97 Å². The molecule has 51 heavy (non-hydrogen) atoms. The Kier molecular flexibility index (Phi) is 7.80. The number of halogens is 2. The summed E-state index contributed by atoms with van der Waals surface area (Å²) in [5.41, 5.74) is 1.48. The van der Waals surface area contributed by atoms with Crippen LogP contribution in [0.25, 0.3) is 32.9 Å². The van der Waals surface area contributed by atoms with Gasteiger partial charge in [0.2, 0.25) is 5.88 Å². The standard InChI is InChI=1S/C38H40F2N8O3/c1-4-24-27(39)10-9-20-13-23(49)15-26(30(20)24)33-32(40)34-31-36(46-38(45-34)50-3)48(28-16-41-17-29(28)51-37(31)44-33)19(2)25-8-5-11-42-35(25)43-21-14-22-7-6-12-47(22)18-21/h5,8-11,13,15,19,21-22,28-29,41,49H,4,6-7,12,14,16-18H2,1-3H3,(H,42,43). The quantitative estimate of drug-likeness (QED) is 0.193. The molecule has 0 bridgehead atoms. The topological polar surface area (TPSA) is 121 Å². The molecular formula is C38H40F2N8O3. The minimum Gasteiger partial charge on any atom is -0.508 e. The van der Waals surface area contributed by atoms with Crippen LogP contribution < -0.4 is 25.0 Å². The molecule has 9 rings (SSSR count). The number of nitrogens with one attached hydrogen (secondary N) is 2. The maximum atomic E-state index is 17.2. The number of methoxy groups -OCH3 is 1. The first kappa shape index (κ1) is 32.1. The van der Waals surface area contributed by atoms with Gasteiger partial charge in [-0.05, 0) is 79.8 Å². The summed E-state index contributed by atoms with van der Waals surface area (Å²) in [6.07, 6.45) is 5.37. The summed E-state index contributed by atoms with van der Waals surface area (Å²) in [6, 6.07) is 10.3. The zero-order valence-corrected chi connectivity index (χ0v) is 28.8. The molecule has 0 spiro atoms. The summed E-state index contributed by atoms with van der Waals surface area (Å²) in [5, 5.41) is 19.3. The number of phenolic OH excluding ortho intramolecular Hbond substituents is 1. The van der Waals surface area contributed by atoms with Crippen molar-refractivity contribution >= 4 is 33.3 Å². The lowest BCUT2D eigenvalue weighted by Crippen LogP contribution is -2.46. The smallest absolute Gasteiger partial charge is 0.318 e. The number of ether oxygens (including phenoxy) is 2. The van der Waals surface area contributed by atoms with Gasteiger partial charge in [-0.3, -0.25) is 4.90 Å². The van der Waals surface area contributed by atoms with E-state index in [0.717, 1.165) is 30.9 Å². The zero-order valence-electron chi connectivity index (χ0n) is 28.8. The maximum absolute atomic E-state index is 17.2. The summed E-state index contributed by atoms with van der Waals surface area (Å²) in [4.78, 5) is 23.8. The highest BCUT2D eigenvalue weighted by Crippen LogP contribution is 2.47. The highest BCUT2D eigenvalue weighted by atomic mass is 19.1. The molecule has 0 aliphatic carbocycles. The highest BCUT2D eigenvalue weighted by molar-refractivity contribution is 6.03. The second kappa shape index (κ2) is 12.4. The first-order chi connectivity index (χ1) is 24.8. The van der Waals surface area contributed by atoms with Gasteiger partial charge in [0.1, 0.15) is 45.9 Å². The Bertz CT molecular complexity index is 2170. The van der Waals surface area contributed by atoms with Gasteiger partial charge in [-0.1, -0.05) is 19.1 Å². The molecule has 5 unspecified atom stereocenters. The molecule has 4 aliphatic rings.